The molecule has 0 bridgehead atoms. The van der Waals surface area contributed by atoms with E-state index in [0.717, 1.165) is 11.3 Å². The predicted molar refractivity (Wildman–Crippen MR) is 116 cm³/mol. The molecule has 0 spiro atoms. The Bertz CT molecular complexity index is 1080. The Morgan fingerprint density at radius 1 is 1.06 bits per heavy atom. The first-order valence-electron chi connectivity index (χ1n) is 10.6. The number of fused-ring (bicyclic) bond motifs is 3. The predicted octanol–water partition coefficient (Wildman–Crippen LogP) is 1.99. The molecule has 32 heavy (non-hydrogen) atoms. The SMILES string of the molecule is CC1=NN(Cc2ccccc2F)C2NC3C(C(=O)N(Cc4ccccc4)C(=O)N3C)N2C1. The third kappa shape index (κ3) is 3.43. The van der Waals surface area contributed by atoms with Gasteiger partial charge in [0.1, 0.15) is 18.0 Å². The Morgan fingerprint density at radius 2 is 1.78 bits per heavy atom. The molecule has 2 saturated heterocycles. The topological polar surface area (TPSA) is 71.5 Å². The van der Waals surface area contributed by atoms with Crippen molar-refractivity contribution in [2.45, 2.75) is 38.5 Å². The van der Waals surface area contributed by atoms with E-state index in [1.54, 1.807) is 35.2 Å². The molecule has 0 aliphatic carbocycles. The Morgan fingerprint density at radius 3 is 2.53 bits per heavy atom. The molecule has 3 heterocycles. The lowest BCUT2D eigenvalue weighted by Crippen LogP contribution is -2.66. The molecular weight excluding hydrogens is 411 g/mol. The molecule has 2 aromatic rings. The maximum absolute atomic E-state index is 14.3. The first kappa shape index (κ1) is 20.6. The average Bonchev–Trinajstić information content (AvgIpc) is 3.17. The Kier molecular flexibility index (Phi) is 5.15. The second kappa shape index (κ2) is 7.99. The second-order valence-corrected chi connectivity index (χ2v) is 8.43. The van der Waals surface area contributed by atoms with Gasteiger partial charge in [-0.05, 0) is 18.6 Å². The normalized spacial score (nSPS) is 25.7. The van der Waals surface area contributed by atoms with Crippen molar-refractivity contribution in [1.29, 1.82) is 0 Å². The fraction of sp³-hybridized carbons (Fsp3) is 0.348. The van der Waals surface area contributed by atoms with E-state index in [1.807, 2.05) is 42.2 Å². The highest BCUT2D eigenvalue weighted by Crippen LogP contribution is 2.31. The number of nitrogens with zero attached hydrogens (tertiary/aromatic N) is 5. The molecule has 0 saturated carbocycles. The summed E-state index contributed by atoms with van der Waals surface area (Å²) in [6.07, 6.45) is -0.916. The van der Waals surface area contributed by atoms with E-state index in [-0.39, 0.29) is 30.8 Å². The molecule has 3 atom stereocenters. The van der Waals surface area contributed by atoms with Gasteiger partial charge in [-0.3, -0.25) is 20.0 Å². The van der Waals surface area contributed by atoms with Crippen molar-refractivity contribution in [2.75, 3.05) is 13.6 Å². The van der Waals surface area contributed by atoms with Crippen molar-refractivity contribution in [3.63, 3.8) is 0 Å². The lowest BCUT2D eigenvalue weighted by Gasteiger charge is -2.42. The van der Waals surface area contributed by atoms with E-state index in [9.17, 15) is 14.0 Å². The fourth-order valence-corrected chi connectivity index (χ4v) is 4.68. The van der Waals surface area contributed by atoms with E-state index in [4.69, 9.17) is 0 Å². The lowest BCUT2D eigenvalue weighted by molar-refractivity contribution is -0.139. The van der Waals surface area contributed by atoms with Gasteiger partial charge in [0.15, 0.2) is 6.29 Å². The van der Waals surface area contributed by atoms with Crippen molar-refractivity contribution in [2.24, 2.45) is 5.10 Å². The molecule has 5 rings (SSSR count). The molecule has 3 amide bonds. The van der Waals surface area contributed by atoms with Crippen LogP contribution < -0.4 is 5.32 Å². The van der Waals surface area contributed by atoms with Gasteiger partial charge in [-0.2, -0.15) is 5.10 Å². The summed E-state index contributed by atoms with van der Waals surface area (Å²) in [4.78, 5) is 31.5. The summed E-state index contributed by atoms with van der Waals surface area (Å²) < 4.78 is 14.3. The van der Waals surface area contributed by atoms with Crippen LogP contribution in [0.5, 0.6) is 0 Å². The molecule has 166 valence electrons. The van der Waals surface area contributed by atoms with Crippen molar-refractivity contribution in [1.82, 2.24) is 25.0 Å². The summed E-state index contributed by atoms with van der Waals surface area (Å²) in [6, 6.07) is 15.2. The largest absolute Gasteiger partial charge is 0.328 e. The molecule has 3 aliphatic rings. The molecule has 3 aliphatic heterocycles. The highest BCUT2D eigenvalue weighted by molar-refractivity contribution is 6.01. The highest BCUT2D eigenvalue weighted by Gasteiger charge is 2.56. The number of likely N-dealkylation sites (N-methyl/N-ethyl adjacent to an activating group) is 1. The number of amides is 3. The quantitative estimate of drug-likeness (QED) is 0.794. The monoisotopic (exact) mass is 436 g/mol. The number of benzene rings is 2. The van der Waals surface area contributed by atoms with Crippen LogP contribution in [0.3, 0.4) is 0 Å². The van der Waals surface area contributed by atoms with Crippen LogP contribution in [0.1, 0.15) is 18.1 Å². The minimum absolute atomic E-state index is 0.219. The van der Waals surface area contributed by atoms with Crippen LogP contribution in [0.4, 0.5) is 9.18 Å². The van der Waals surface area contributed by atoms with Crippen LogP contribution in [-0.4, -0.2) is 69.4 Å². The molecule has 2 fully saturated rings. The summed E-state index contributed by atoms with van der Waals surface area (Å²) >= 11 is 0. The van der Waals surface area contributed by atoms with Gasteiger partial charge in [-0.1, -0.05) is 48.5 Å². The van der Waals surface area contributed by atoms with Crippen molar-refractivity contribution >= 4 is 17.6 Å². The van der Waals surface area contributed by atoms with Gasteiger partial charge in [0.2, 0.25) is 0 Å². The molecule has 9 heteroatoms. The van der Waals surface area contributed by atoms with Gasteiger partial charge >= 0.3 is 6.03 Å². The van der Waals surface area contributed by atoms with Crippen LogP contribution >= 0.6 is 0 Å². The molecule has 0 radical (unpaired) electrons. The van der Waals surface area contributed by atoms with Gasteiger partial charge in [-0.25, -0.2) is 14.1 Å². The van der Waals surface area contributed by atoms with E-state index >= 15 is 0 Å². The van der Waals surface area contributed by atoms with Gasteiger partial charge < -0.3 is 4.90 Å². The second-order valence-electron chi connectivity index (χ2n) is 8.43. The summed E-state index contributed by atoms with van der Waals surface area (Å²) in [5.41, 5.74) is 2.23. The standard InChI is InChI=1S/C23H25FN6O2/c1-15-12-28-19-20(25-22(28)30(26-15)14-17-10-6-7-11-18(17)24)27(2)23(32)29(21(19)31)13-16-8-4-3-5-9-16/h3-11,19-20,22,25H,12-14H2,1-2H3. The number of carbonyl (C=O) groups excluding carboxylic acids is 2. The number of carbonyl (C=O) groups is 2. The number of rotatable bonds is 4. The summed E-state index contributed by atoms with van der Waals surface area (Å²) in [7, 11) is 1.70. The lowest BCUT2D eigenvalue weighted by atomic mass is 10.1. The van der Waals surface area contributed by atoms with Crippen LogP contribution in [0, 0.1) is 5.82 Å². The molecule has 3 unspecified atom stereocenters. The minimum atomic E-state index is -0.556. The summed E-state index contributed by atoms with van der Waals surface area (Å²) in [5.74, 6) is -0.539. The Balaban J connectivity index is 1.43. The zero-order chi connectivity index (χ0) is 22.4. The van der Waals surface area contributed by atoms with Crippen molar-refractivity contribution in [3.05, 3.63) is 71.5 Å². The molecule has 2 aromatic carbocycles. The summed E-state index contributed by atoms with van der Waals surface area (Å²) in [5, 5.41) is 9.76. The van der Waals surface area contributed by atoms with E-state index < -0.39 is 18.5 Å². The van der Waals surface area contributed by atoms with Gasteiger partial charge in [-0.15, -0.1) is 0 Å². The smallest absolute Gasteiger partial charge is 0.310 e. The molecular formula is C23H25FN6O2. The van der Waals surface area contributed by atoms with E-state index in [1.165, 1.54) is 11.0 Å². The third-order valence-electron chi connectivity index (χ3n) is 6.23. The minimum Gasteiger partial charge on any atom is -0.310 e. The first-order chi connectivity index (χ1) is 15.4. The molecule has 0 aromatic heterocycles. The number of imide groups is 1. The van der Waals surface area contributed by atoms with Crippen LogP contribution in [-0.2, 0) is 17.9 Å². The van der Waals surface area contributed by atoms with Crippen LogP contribution in [0.25, 0.3) is 0 Å². The van der Waals surface area contributed by atoms with Crippen molar-refractivity contribution in [3.8, 4) is 0 Å². The van der Waals surface area contributed by atoms with E-state index in [0.29, 0.717) is 12.1 Å². The zero-order valence-corrected chi connectivity index (χ0v) is 18.0. The average molecular weight is 436 g/mol. The highest BCUT2D eigenvalue weighted by atomic mass is 19.1. The number of hydrogen-bond donors (Lipinski definition) is 1. The first-order valence-corrected chi connectivity index (χ1v) is 10.6. The Hall–Kier alpha value is -3.30. The van der Waals surface area contributed by atoms with Gasteiger partial charge in [0, 0.05) is 24.9 Å². The Labute approximate surface area is 185 Å². The maximum atomic E-state index is 14.3. The van der Waals surface area contributed by atoms with Gasteiger partial charge in [0.25, 0.3) is 5.91 Å². The molecule has 8 nitrogen and oxygen atoms in total. The third-order valence-corrected chi connectivity index (χ3v) is 6.23. The number of hydrazone groups is 1. The van der Waals surface area contributed by atoms with Gasteiger partial charge in [0.05, 0.1) is 13.1 Å². The van der Waals surface area contributed by atoms with Crippen LogP contribution in [0.2, 0.25) is 0 Å². The van der Waals surface area contributed by atoms with Crippen LogP contribution in [0.15, 0.2) is 59.7 Å². The fourth-order valence-electron chi connectivity index (χ4n) is 4.68. The number of urea groups is 1. The number of nitrogens with one attached hydrogen (secondary N) is 1. The number of halogens is 1. The van der Waals surface area contributed by atoms with Crippen molar-refractivity contribution < 1.29 is 14.0 Å². The maximum Gasteiger partial charge on any atom is 0.328 e. The summed E-state index contributed by atoms with van der Waals surface area (Å²) in [6.45, 7) is 2.84. The van der Waals surface area contributed by atoms with E-state index in [2.05, 4.69) is 10.4 Å². The zero-order valence-electron chi connectivity index (χ0n) is 18.0. The number of hydrogen-bond acceptors (Lipinski definition) is 6. The molecule has 1 N–H and O–H groups in total.